The highest BCUT2D eigenvalue weighted by Gasteiger charge is 2.67. The zero-order chi connectivity index (χ0) is 33.4. The molecule has 0 N–H and O–H groups in total. The molecule has 4 rings (SSSR count). The van der Waals surface area contributed by atoms with Crippen LogP contribution in [0.1, 0.15) is 68.2 Å². The molecule has 0 radical (unpaired) electrons. The Labute approximate surface area is 274 Å². The topological polar surface area (TPSA) is 61.6 Å². The summed E-state index contributed by atoms with van der Waals surface area (Å²) in [5.41, 5.74) is 1.17. The van der Waals surface area contributed by atoms with Gasteiger partial charge in [-0.2, -0.15) is 0 Å². The van der Waals surface area contributed by atoms with Gasteiger partial charge in [-0.3, -0.25) is 10.1 Å². The highest BCUT2D eigenvalue weighted by atomic mass is 28.4. The van der Waals surface area contributed by atoms with Crippen molar-refractivity contribution in [1.82, 2.24) is 0 Å². The van der Waals surface area contributed by atoms with Crippen LogP contribution in [0, 0.1) is 39.2 Å². The number of allylic oxidation sites excluding steroid dienone is 2. The molecule has 0 unspecified atom stereocenters. The smallest absolute Gasteiger partial charge is 0.261 e. The Morgan fingerprint density at radius 2 is 1.49 bits per heavy atom. The Kier molecular flexibility index (Phi) is 10.3. The standard InChI is InChI=1S/C38H57NO4Si2/c1-12-29-26-33(43-44(10,11)36(2,3)4)35-34(38(35,8)9)32(29)25-28(23-24-39(40)41)27-42-45(37(5,6)7,30-19-15-13-16-20-30)31-21-17-14-18-22-31/h12-22,25,29,32-35H,1,23-24,26-27H2,2-11H3/b28-25+/t29-,32+,33+,34-,35+/m0/s1. The third-order valence-corrected chi connectivity index (χ3v) is 20.8. The summed E-state index contributed by atoms with van der Waals surface area (Å²) in [5, 5.41) is 14.1. The molecule has 0 saturated heterocycles. The monoisotopic (exact) mass is 647 g/mol. The van der Waals surface area contributed by atoms with Gasteiger partial charge in [0.25, 0.3) is 8.32 Å². The lowest BCUT2D eigenvalue weighted by atomic mass is 9.76. The lowest BCUT2D eigenvalue weighted by Gasteiger charge is -2.43. The number of hydrogen-bond acceptors (Lipinski definition) is 4. The quantitative estimate of drug-likeness (QED) is 0.100. The second kappa shape index (κ2) is 13.1. The van der Waals surface area contributed by atoms with Gasteiger partial charge in [0.05, 0.1) is 6.61 Å². The van der Waals surface area contributed by atoms with Crippen molar-refractivity contribution in [2.24, 2.45) is 29.1 Å². The van der Waals surface area contributed by atoms with E-state index in [1.165, 1.54) is 10.4 Å². The molecular formula is C38H57NO4Si2. The maximum atomic E-state index is 11.7. The summed E-state index contributed by atoms with van der Waals surface area (Å²) in [6.45, 7) is 27.8. The van der Waals surface area contributed by atoms with Crippen molar-refractivity contribution in [3.05, 3.63) is 95.1 Å². The first kappa shape index (κ1) is 35.5. The fourth-order valence-corrected chi connectivity index (χ4v) is 13.7. The molecule has 5 nitrogen and oxygen atoms in total. The zero-order valence-corrected chi connectivity index (χ0v) is 31.4. The van der Waals surface area contributed by atoms with Crippen molar-refractivity contribution in [1.29, 1.82) is 0 Å². The Bertz CT molecular complexity index is 1320. The van der Waals surface area contributed by atoms with Crippen molar-refractivity contribution in [3.8, 4) is 0 Å². The van der Waals surface area contributed by atoms with E-state index in [0.29, 0.717) is 24.9 Å². The van der Waals surface area contributed by atoms with Crippen LogP contribution in [0.15, 0.2) is 85.0 Å². The molecule has 246 valence electrons. The van der Waals surface area contributed by atoms with Crippen molar-refractivity contribution in [3.63, 3.8) is 0 Å². The minimum Gasteiger partial charge on any atom is -0.414 e. The second-order valence-electron chi connectivity index (χ2n) is 16.6. The van der Waals surface area contributed by atoms with Crippen LogP contribution in [0.25, 0.3) is 0 Å². The van der Waals surface area contributed by atoms with Gasteiger partial charge in [-0.05, 0) is 74.6 Å². The molecule has 2 fully saturated rings. The van der Waals surface area contributed by atoms with Crippen molar-refractivity contribution < 1.29 is 13.8 Å². The number of fused-ring (bicyclic) bond motifs is 1. The van der Waals surface area contributed by atoms with Gasteiger partial charge in [-0.25, -0.2) is 0 Å². The molecule has 2 saturated carbocycles. The minimum atomic E-state index is -2.80. The molecule has 2 aliphatic rings. The predicted molar refractivity (Wildman–Crippen MR) is 193 cm³/mol. The summed E-state index contributed by atoms with van der Waals surface area (Å²) in [5.74, 6) is 1.42. The normalized spacial score (nSPS) is 25.4. The van der Waals surface area contributed by atoms with Crippen LogP contribution in [0.2, 0.25) is 23.2 Å². The van der Waals surface area contributed by atoms with Gasteiger partial charge in [0.15, 0.2) is 8.32 Å². The Balaban J connectivity index is 1.72. The fourth-order valence-electron chi connectivity index (χ4n) is 7.83. The third-order valence-electron chi connectivity index (χ3n) is 11.3. The van der Waals surface area contributed by atoms with Crippen molar-refractivity contribution in [2.75, 3.05) is 13.2 Å². The SMILES string of the molecule is C=C[C@H]1C[C@@H](O[Si](C)(C)C(C)(C)C)[C@@H]2[C@H]([C@@H]1/C=C(\CC[N+](=O)[O-])CO[Si](c1ccccc1)(c1ccccc1)C(C)(C)C)C2(C)C. The molecule has 0 bridgehead atoms. The summed E-state index contributed by atoms with van der Waals surface area (Å²) in [7, 11) is -4.74. The molecule has 0 aliphatic heterocycles. The highest BCUT2D eigenvalue weighted by molar-refractivity contribution is 6.99. The van der Waals surface area contributed by atoms with Gasteiger partial charge in [-0.1, -0.05) is 128 Å². The third kappa shape index (κ3) is 7.17. The van der Waals surface area contributed by atoms with Gasteiger partial charge in [0, 0.05) is 17.4 Å². The van der Waals surface area contributed by atoms with E-state index in [-0.39, 0.29) is 44.9 Å². The van der Waals surface area contributed by atoms with Crippen LogP contribution in [0.3, 0.4) is 0 Å². The van der Waals surface area contributed by atoms with Crippen molar-refractivity contribution in [2.45, 2.75) is 97.5 Å². The minimum absolute atomic E-state index is 0.101. The van der Waals surface area contributed by atoms with E-state index >= 15 is 0 Å². The molecule has 0 aromatic heterocycles. The fraction of sp³-hybridized carbons (Fsp3) is 0.579. The molecule has 2 aliphatic carbocycles. The van der Waals surface area contributed by atoms with Gasteiger partial charge in [0.1, 0.15) is 0 Å². The van der Waals surface area contributed by atoms with Gasteiger partial charge in [-0.15, -0.1) is 6.58 Å². The first-order valence-electron chi connectivity index (χ1n) is 16.7. The van der Waals surface area contributed by atoms with Crippen LogP contribution < -0.4 is 10.4 Å². The molecule has 7 heteroatoms. The van der Waals surface area contributed by atoms with Crippen LogP contribution >= 0.6 is 0 Å². The maximum absolute atomic E-state index is 11.7. The summed E-state index contributed by atoms with van der Waals surface area (Å²) in [6.07, 6.45) is 6.02. The molecule has 2 aromatic carbocycles. The van der Waals surface area contributed by atoms with E-state index in [4.69, 9.17) is 8.85 Å². The number of hydrogen-bond donors (Lipinski definition) is 0. The number of nitro groups is 1. The molecule has 0 heterocycles. The molecule has 5 atom stereocenters. The Morgan fingerprint density at radius 1 is 0.956 bits per heavy atom. The summed E-state index contributed by atoms with van der Waals surface area (Å²) < 4.78 is 14.4. The average Bonchev–Trinajstić information content (AvgIpc) is 3.54. The van der Waals surface area contributed by atoms with E-state index in [1.807, 2.05) is 12.1 Å². The average molecular weight is 648 g/mol. The summed E-state index contributed by atoms with van der Waals surface area (Å²) in [4.78, 5) is 11.5. The first-order valence-corrected chi connectivity index (χ1v) is 21.5. The Hall–Kier alpha value is -2.33. The van der Waals surface area contributed by atoms with Crippen LogP contribution in [0.5, 0.6) is 0 Å². The predicted octanol–water partition coefficient (Wildman–Crippen LogP) is 8.64. The van der Waals surface area contributed by atoms with E-state index in [2.05, 4.69) is 136 Å². The van der Waals surface area contributed by atoms with Gasteiger partial charge in [0.2, 0.25) is 6.54 Å². The number of nitrogens with zero attached hydrogens (tertiary/aromatic N) is 1. The number of benzene rings is 2. The Morgan fingerprint density at radius 3 is 1.93 bits per heavy atom. The number of rotatable bonds is 12. The van der Waals surface area contributed by atoms with E-state index in [9.17, 15) is 10.1 Å². The molecule has 0 spiro atoms. The second-order valence-corrected chi connectivity index (χ2v) is 25.6. The summed E-state index contributed by atoms with van der Waals surface area (Å²) >= 11 is 0. The van der Waals surface area contributed by atoms with Crippen LogP contribution in [-0.4, -0.2) is 40.8 Å². The van der Waals surface area contributed by atoms with E-state index in [1.54, 1.807) is 0 Å². The van der Waals surface area contributed by atoms with Crippen LogP contribution in [0.4, 0.5) is 0 Å². The zero-order valence-electron chi connectivity index (χ0n) is 29.4. The molecule has 2 aromatic rings. The largest absolute Gasteiger partial charge is 0.414 e. The lowest BCUT2D eigenvalue weighted by molar-refractivity contribution is -0.479. The molecule has 0 amide bonds. The van der Waals surface area contributed by atoms with E-state index < -0.39 is 16.6 Å². The molecule has 45 heavy (non-hydrogen) atoms. The van der Waals surface area contributed by atoms with Gasteiger partial charge < -0.3 is 8.85 Å². The first-order chi connectivity index (χ1) is 20.9. The van der Waals surface area contributed by atoms with Crippen molar-refractivity contribution >= 4 is 27.0 Å². The van der Waals surface area contributed by atoms with E-state index in [0.717, 1.165) is 12.0 Å². The van der Waals surface area contributed by atoms with Gasteiger partial charge >= 0.3 is 0 Å². The maximum Gasteiger partial charge on any atom is 0.261 e. The van der Waals surface area contributed by atoms with Crippen LogP contribution in [-0.2, 0) is 8.85 Å². The molecular weight excluding hydrogens is 591 g/mol. The highest BCUT2D eigenvalue weighted by Crippen LogP contribution is 2.69. The lowest BCUT2D eigenvalue weighted by Crippen LogP contribution is -2.66. The summed E-state index contributed by atoms with van der Waals surface area (Å²) in [6, 6.07) is 21.2.